The Labute approximate surface area is 87.8 Å². The van der Waals surface area contributed by atoms with Crippen molar-refractivity contribution in [1.82, 2.24) is 0 Å². The molecule has 0 bridgehead atoms. The van der Waals surface area contributed by atoms with Gasteiger partial charge < -0.3 is 4.74 Å². The van der Waals surface area contributed by atoms with Gasteiger partial charge in [-0.25, -0.2) is 0 Å². The summed E-state index contributed by atoms with van der Waals surface area (Å²) >= 11 is 6.11. The molecule has 2 heteroatoms. The highest BCUT2D eigenvalue weighted by atomic mass is 35.5. The normalized spacial score (nSPS) is 16.2. The Morgan fingerprint density at radius 1 is 1.23 bits per heavy atom. The lowest BCUT2D eigenvalue weighted by molar-refractivity contribution is 0.136. The van der Waals surface area contributed by atoms with Crippen LogP contribution in [0.15, 0.2) is 0 Å². The van der Waals surface area contributed by atoms with Crippen molar-refractivity contribution in [1.29, 1.82) is 0 Å². The lowest BCUT2D eigenvalue weighted by Gasteiger charge is -2.23. The Bertz CT molecular complexity index is 105. The molecule has 0 amide bonds. The fraction of sp³-hybridized carbons (Fsp3) is 1.00. The third kappa shape index (κ3) is 6.34. The van der Waals surface area contributed by atoms with Crippen LogP contribution in [0.5, 0.6) is 0 Å². The van der Waals surface area contributed by atoms with Gasteiger partial charge in [-0.15, -0.1) is 11.6 Å². The predicted molar refractivity (Wildman–Crippen MR) is 59.4 cm³/mol. The Hall–Kier alpha value is 0.250. The number of alkyl halides is 1. The number of rotatable bonds is 7. The summed E-state index contributed by atoms with van der Waals surface area (Å²) < 4.78 is 5.30. The van der Waals surface area contributed by atoms with Crippen LogP contribution >= 0.6 is 11.6 Å². The molecule has 0 N–H and O–H groups in total. The van der Waals surface area contributed by atoms with Gasteiger partial charge in [0, 0.05) is 18.6 Å². The molecule has 2 unspecified atom stereocenters. The van der Waals surface area contributed by atoms with Gasteiger partial charge in [-0.3, -0.25) is 0 Å². The third-order valence-corrected chi connectivity index (χ3v) is 2.80. The molecule has 0 aromatic carbocycles. The van der Waals surface area contributed by atoms with Crippen LogP contribution < -0.4 is 0 Å². The van der Waals surface area contributed by atoms with E-state index in [4.69, 9.17) is 16.3 Å². The summed E-state index contributed by atoms with van der Waals surface area (Å²) in [5.74, 6) is 1.30. The SMILES string of the molecule is CCOCCCC(C(C)C)C(C)Cl. The molecule has 0 aliphatic heterocycles. The lowest BCUT2D eigenvalue weighted by atomic mass is 9.89. The van der Waals surface area contributed by atoms with Crippen LogP contribution in [0.2, 0.25) is 0 Å². The van der Waals surface area contributed by atoms with Crippen molar-refractivity contribution in [2.45, 2.75) is 45.9 Å². The first-order chi connectivity index (χ1) is 6.09. The Morgan fingerprint density at radius 2 is 1.85 bits per heavy atom. The second-order valence-corrected chi connectivity index (χ2v) is 4.61. The third-order valence-electron chi connectivity index (χ3n) is 2.48. The van der Waals surface area contributed by atoms with E-state index < -0.39 is 0 Å². The first-order valence-electron chi connectivity index (χ1n) is 5.31. The maximum Gasteiger partial charge on any atom is 0.0466 e. The highest BCUT2D eigenvalue weighted by Gasteiger charge is 2.18. The molecule has 0 fully saturated rings. The average molecular weight is 207 g/mol. The monoisotopic (exact) mass is 206 g/mol. The molecule has 1 nitrogen and oxygen atoms in total. The van der Waals surface area contributed by atoms with Gasteiger partial charge in [-0.05, 0) is 38.5 Å². The fourth-order valence-corrected chi connectivity index (χ4v) is 2.08. The summed E-state index contributed by atoms with van der Waals surface area (Å²) in [5.41, 5.74) is 0. The van der Waals surface area contributed by atoms with Gasteiger partial charge in [0.05, 0.1) is 0 Å². The molecule has 0 rings (SSSR count). The fourth-order valence-electron chi connectivity index (χ4n) is 1.66. The van der Waals surface area contributed by atoms with E-state index in [1.807, 2.05) is 6.92 Å². The average Bonchev–Trinajstić information content (AvgIpc) is 2.02. The molecule has 0 spiro atoms. The van der Waals surface area contributed by atoms with Crippen LogP contribution in [0.4, 0.5) is 0 Å². The molecule has 0 saturated heterocycles. The van der Waals surface area contributed by atoms with Gasteiger partial charge in [0.15, 0.2) is 0 Å². The quantitative estimate of drug-likeness (QED) is 0.456. The molecule has 80 valence electrons. The van der Waals surface area contributed by atoms with Crippen LogP contribution in [0.1, 0.15) is 40.5 Å². The number of hydrogen-bond acceptors (Lipinski definition) is 1. The first kappa shape index (κ1) is 13.2. The van der Waals surface area contributed by atoms with Gasteiger partial charge in [0.1, 0.15) is 0 Å². The minimum atomic E-state index is 0.279. The topological polar surface area (TPSA) is 9.23 Å². The minimum absolute atomic E-state index is 0.279. The zero-order valence-electron chi connectivity index (χ0n) is 9.35. The molecule has 0 radical (unpaired) electrons. The van der Waals surface area contributed by atoms with E-state index in [-0.39, 0.29) is 5.38 Å². The van der Waals surface area contributed by atoms with E-state index in [1.165, 1.54) is 6.42 Å². The summed E-state index contributed by atoms with van der Waals surface area (Å²) in [6.45, 7) is 10.3. The van der Waals surface area contributed by atoms with Gasteiger partial charge in [0.25, 0.3) is 0 Å². The second kappa shape index (κ2) is 7.64. The second-order valence-electron chi connectivity index (χ2n) is 3.92. The largest absolute Gasteiger partial charge is 0.382 e. The molecule has 0 aromatic rings. The summed E-state index contributed by atoms with van der Waals surface area (Å²) in [5, 5.41) is 0.279. The van der Waals surface area contributed by atoms with Crippen LogP contribution in [0.25, 0.3) is 0 Å². The van der Waals surface area contributed by atoms with Gasteiger partial charge >= 0.3 is 0 Å². The molecular weight excluding hydrogens is 184 g/mol. The van der Waals surface area contributed by atoms with E-state index >= 15 is 0 Å². The van der Waals surface area contributed by atoms with E-state index in [0.29, 0.717) is 11.8 Å². The number of hydrogen-bond donors (Lipinski definition) is 0. The smallest absolute Gasteiger partial charge is 0.0466 e. The minimum Gasteiger partial charge on any atom is -0.382 e. The molecule has 13 heavy (non-hydrogen) atoms. The first-order valence-corrected chi connectivity index (χ1v) is 5.75. The molecule has 0 heterocycles. The van der Waals surface area contributed by atoms with Crippen LogP contribution in [0, 0.1) is 11.8 Å². The van der Waals surface area contributed by atoms with Gasteiger partial charge in [0.2, 0.25) is 0 Å². The standard InChI is InChI=1S/C11H23ClO/c1-5-13-8-6-7-11(9(2)3)10(4)12/h9-11H,5-8H2,1-4H3. The molecule has 2 atom stereocenters. The number of halogens is 1. The molecule has 0 aliphatic carbocycles. The summed E-state index contributed by atoms with van der Waals surface area (Å²) in [4.78, 5) is 0. The molecule has 0 aliphatic rings. The van der Waals surface area contributed by atoms with Gasteiger partial charge in [-0.1, -0.05) is 13.8 Å². The van der Waals surface area contributed by atoms with Crippen molar-refractivity contribution in [3.05, 3.63) is 0 Å². The molecular formula is C11H23ClO. The summed E-state index contributed by atoms with van der Waals surface area (Å²) in [6.07, 6.45) is 2.32. The highest BCUT2D eigenvalue weighted by molar-refractivity contribution is 6.20. The van der Waals surface area contributed by atoms with Crippen molar-refractivity contribution < 1.29 is 4.74 Å². The number of ether oxygens (including phenoxy) is 1. The maximum atomic E-state index is 6.11. The van der Waals surface area contributed by atoms with Crippen molar-refractivity contribution in [3.8, 4) is 0 Å². The van der Waals surface area contributed by atoms with Crippen LogP contribution in [0.3, 0.4) is 0 Å². The lowest BCUT2D eigenvalue weighted by Crippen LogP contribution is -2.18. The highest BCUT2D eigenvalue weighted by Crippen LogP contribution is 2.24. The van der Waals surface area contributed by atoms with Crippen molar-refractivity contribution in [3.63, 3.8) is 0 Å². The maximum absolute atomic E-state index is 6.11. The van der Waals surface area contributed by atoms with E-state index in [1.54, 1.807) is 0 Å². The molecule has 0 aromatic heterocycles. The van der Waals surface area contributed by atoms with Crippen molar-refractivity contribution >= 4 is 11.6 Å². The van der Waals surface area contributed by atoms with E-state index in [9.17, 15) is 0 Å². The zero-order valence-corrected chi connectivity index (χ0v) is 10.1. The van der Waals surface area contributed by atoms with Crippen molar-refractivity contribution in [2.24, 2.45) is 11.8 Å². The summed E-state index contributed by atoms with van der Waals surface area (Å²) in [7, 11) is 0. The van der Waals surface area contributed by atoms with Gasteiger partial charge in [-0.2, -0.15) is 0 Å². The van der Waals surface area contributed by atoms with E-state index in [0.717, 1.165) is 19.6 Å². The van der Waals surface area contributed by atoms with Crippen molar-refractivity contribution in [2.75, 3.05) is 13.2 Å². The molecule has 0 saturated carbocycles. The summed E-state index contributed by atoms with van der Waals surface area (Å²) in [6, 6.07) is 0. The zero-order chi connectivity index (χ0) is 10.3. The van der Waals surface area contributed by atoms with E-state index in [2.05, 4.69) is 20.8 Å². The Kier molecular flexibility index (Phi) is 7.78. The Balaban J connectivity index is 3.58. The van der Waals surface area contributed by atoms with Crippen LogP contribution in [-0.2, 0) is 4.74 Å². The Morgan fingerprint density at radius 3 is 2.23 bits per heavy atom. The predicted octanol–water partition coefficient (Wildman–Crippen LogP) is 3.70. The van der Waals surface area contributed by atoms with Crippen LogP contribution in [-0.4, -0.2) is 18.6 Å².